The number of carbonyl (C=O) groups excluding carboxylic acids is 1. The minimum Gasteiger partial charge on any atom is -0.379 e. The van der Waals surface area contributed by atoms with Crippen molar-refractivity contribution in [3.05, 3.63) is 53.1 Å². The Kier molecular flexibility index (Phi) is 7.39. The number of fused-ring (bicyclic) bond motifs is 1. The molecule has 0 saturated carbocycles. The number of amides is 1. The summed E-state index contributed by atoms with van der Waals surface area (Å²) in [6, 6.07) is 9.31. The molecule has 0 unspecified atom stereocenters. The number of nitrogens with zero attached hydrogens (tertiary/aromatic N) is 3. The molecule has 2 heterocycles. The van der Waals surface area contributed by atoms with Crippen molar-refractivity contribution >= 4 is 56.0 Å². The Bertz CT molecular complexity index is 1060. The Labute approximate surface area is 191 Å². The molecule has 0 radical (unpaired) electrons. The van der Waals surface area contributed by atoms with Crippen LogP contribution in [0.2, 0.25) is 5.02 Å². The lowest BCUT2D eigenvalue weighted by molar-refractivity contribution is -0.116. The predicted octanol–water partition coefficient (Wildman–Crippen LogP) is 4.69. The van der Waals surface area contributed by atoms with E-state index in [4.69, 9.17) is 16.3 Å². The number of rotatable bonds is 7. The van der Waals surface area contributed by atoms with Gasteiger partial charge in [0.2, 0.25) is 5.91 Å². The Morgan fingerprint density at radius 2 is 1.97 bits per heavy atom. The van der Waals surface area contributed by atoms with Crippen LogP contribution in [-0.4, -0.2) is 60.9 Å². The van der Waals surface area contributed by atoms with Gasteiger partial charge in [-0.25, -0.2) is 13.8 Å². The molecule has 1 saturated heterocycles. The third kappa shape index (κ3) is 5.72. The van der Waals surface area contributed by atoms with Crippen LogP contribution in [-0.2, 0) is 9.53 Å². The van der Waals surface area contributed by atoms with Crippen LogP contribution in [0.4, 0.5) is 13.9 Å². The van der Waals surface area contributed by atoms with E-state index in [1.165, 1.54) is 17.8 Å². The van der Waals surface area contributed by atoms with Crippen molar-refractivity contribution < 1.29 is 18.3 Å². The van der Waals surface area contributed by atoms with Crippen LogP contribution in [0, 0.1) is 11.6 Å². The van der Waals surface area contributed by atoms with Crippen LogP contribution in [0.1, 0.15) is 0 Å². The second-order valence-corrected chi connectivity index (χ2v) is 9.47. The van der Waals surface area contributed by atoms with Crippen molar-refractivity contribution in [1.29, 1.82) is 0 Å². The Hall–Kier alpha value is -1.78. The summed E-state index contributed by atoms with van der Waals surface area (Å²) in [4.78, 5) is 22.1. The third-order valence-corrected chi connectivity index (χ3v) is 7.13. The fourth-order valence-electron chi connectivity index (χ4n) is 3.21. The van der Waals surface area contributed by atoms with Crippen LogP contribution in [0.15, 0.2) is 41.3 Å². The standard InChI is InChI=1S/C21H20ClF2N3O2S2/c22-14-1-3-16(4-2-14)30-13-19(28)27(6-5-26-7-9-29-10-8-26)21-25-20-17(24)11-15(23)12-18(20)31-21/h1-4,11-12H,5-10,13H2. The maximum atomic E-state index is 14.2. The van der Waals surface area contributed by atoms with Crippen LogP contribution in [0.3, 0.4) is 0 Å². The number of thiazole rings is 1. The minimum absolute atomic E-state index is 0.0796. The summed E-state index contributed by atoms with van der Waals surface area (Å²) in [5.74, 6) is -1.34. The molecule has 164 valence electrons. The lowest BCUT2D eigenvalue weighted by Crippen LogP contribution is -2.43. The number of benzene rings is 2. The molecule has 0 aliphatic carbocycles. The Morgan fingerprint density at radius 3 is 2.71 bits per heavy atom. The average molecular weight is 484 g/mol. The zero-order chi connectivity index (χ0) is 21.8. The molecule has 1 amide bonds. The smallest absolute Gasteiger partial charge is 0.239 e. The lowest BCUT2D eigenvalue weighted by Gasteiger charge is -2.29. The molecule has 31 heavy (non-hydrogen) atoms. The number of ether oxygens (including phenoxy) is 1. The van der Waals surface area contributed by atoms with Gasteiger partial charge in [-0.15, -0.1) is 11.8 Å². The molecule has 3 aromatic rings. The first-order chi connectivity index (χ1) is 15.0. The fourth-order valence-corrected chi connectivity index (χ4v) is 5.16. The molecule has 2 aromatic carbocycles. The van der Waals surface area contributed by atoms with Crippen LogP contribution < -0.4 is 4.90 Å². The average Bonchev–Trinajstić information content (AvgIpc) is 3.18. The maximum absolute atomic E-state index is 14.2. The monoisotopic (exact) mass is 483 g/mol. The van der Waals surface area contributed by atoms with E-state index in [-0.39, 0.29) is 17.2 Å². The first kappa shape index (κ1) is 22.4. The van der Waals surface area contributed by atoms with Crippen LogP contribution >= 0.6 is 34.7 Å². The van der Waals surface area contributed by atoms with Gasteiger partial charge in [-0.2, -0.15) is 0 Å². The van der Waals surface area contributed by atoms with Crippen LogP contribution in [0.25, 0.3) is 10.2 Å². The molecule has 0 N–H and O–H groups in total. The normalized spacial score (nSPS) is 14.8. The quantitative estimate of drug-likeness (QED) is 0.456. The summed E-state index contributed by atoms with van der Waals surface area (Å²) in [7, 11) is 0. The Balaban J connectivity index is 1.53. The molecule has 1 aliphatic heterocycles. The molecule has 1 aliphatic rings. The van der Waals surface area contributed by atoms with Crippen molar-refractivity contribution in [1.82, 2.24) is 9.88 Å². The number of hydrogen-bond acceptors (Lipinski definition) is 6. The number of halogens is 3. The minimum atomic E-state index is -0.728. The van der Waals surface area contributed by atoms with Gasteiger partial charge in [-0.3, -0.25) is 14.6 Å². The molecule has 10 heteroatoms. The number of aromatic nitrogens is 1. The van der Waals surface area contributed by atoms with Gasteiger partial charge in [0, 0.05) is 42.2 Å². The SMILES string of the molecule is O=C(CSc1ccc(Cl)cc1)N(CCN1CCOCC1)c1nc2c(F)cc(F)cc2s1. The summed E-state index contributed by atoms with van der Waals surface area (Å²) < 4.78 is 33.5. The predicted molar refractivity (Wildman–Crippen MR) is 121 cm³/mol. The summed E-state index contributed by atoms with van der Waals surface area (Å²) in [6.07, 6.45) is 0. The summed E-state index contributed by atoms with van der Waals surface area (Å²) >= 11 is 8.43. The zero-order valence-electron chi connectivity index (χ0n) is 16.5. The molecule has 1 fully saturated rings. The van der Waals surface area contributed by atoms with E-state index >= 15 is 0 Å². The topological polar surface area (TPSA) is 45.7 Å². The van der Waals surface area contributed by atoms with Crippen molar-refractivity contribution in [3.8, 4) is 0 Å². The Morgan fingerprint density at radius 1 is 1.23 bits per heavy atom. The molecular weight excluding hydrogens is 464 g/mol. The van der Waals surface area contributed by atoms with Crippen molar-refractivity contribution in [2.24, 2.45) is 0 Å². The summed E-state index contributed by atoms with van der Waals surface area (Å²) in [5.41, 5.74) is 0.0796. The highest BCUT2D eigenvalue weighted by molar-refractivity contribution is 8.00. The zero-order valence-corrected chi connectivity index (χ0v) is 18.9. The number of hydrogen-bond donors (Lipinski definition) is 0. The summed E-state index contributed by atoms with van der Waals surface area (Å²) in [5, 5.41) is 1.00. The van der Waals surface area contributed by atoms with Gasteiger partial charge in [0.1, 0.15) is 11.3 Å². The van der Waals surface area contributed by atoms with E-state index in [2.05, 4.69) is 9.88 Å². The first-order valence-electron chi connectivity index (χ1n) is 9.74. The third-order valence-electron chi connectivity index (χ3n) is 4.85. The van der Waals surface area contributed by atoms with Gasteiger partial charge in [-0.05, 0) is 30.3 Å². The molecule has 0 spiro atoms. The lowest BCUT2D eigenvalue weighted by atomic mass is 10.3. The highest BCUT2D eigenvalue weighted by atomic mass is 35.5. The van der Waals surface area contributed by atoms with Gasteiger partial charge in [0.15, 0.2) is 10.9 Å². The van der Waals surface area contributed by atoms with E-state index < -0.39 is 11.6 Å². The first-order valence-corrected chi connectivity index (χ1v) is 11.9. The molecule has 4 rings (SSSR count). The molecular formula is C21H20ClF2N3O2S2. The van der Waals surface area contributed by atoms with Crippen molar-refractivity contribution in [2.45, 2.75) is 4.90 Å². The van der Waals surface area contributed by atoms with E-state index in [1.54, 1.807) is 17.0 Å². The number of morpholine rings is 1. The number of carbonyl (C=O) groups is 1. The highest BCUT2D eigenvalue weighted by Crippen LogP contribution is 2.32. The molecule has 1 aromatic heterocycles. The van der Waals surface area contributed by atoms with Gasteiger partial charge in [0.05, 0.1) is 23.7 Å². The number of anilines is 1. The van der Waals surface area contributed by atoms with E-state index in [0.717, 1.165) is 35.4 Å². The molecule has 0 bridgehead atoms. The summed E-state index contributed by atoms with van der Waals surface area (Å²) in [6.45, 7) is 3.96. The van der Waals surface area contributed by atoms with Crippen molar-refractivity contribution in [2.75, 3.05) is 50.0 Å². The largest absolute Gasteiger partial charge is 0.379 e. The van der Waals surface area contributed by atoms with Crippen molar-refractivity contribution in [3.63, 3.8) is 0 Å². The van der Waals surface area contributed by atoms with E-state index in [1.807, 2.05) is 12.1 Å². The van der Waals surface area contributed by atoms with Gasteiger partial charge >= 0.3 is 0 Å². The second kappa shape index (κ2) is 10.2. The fraction of sp³-hybridized carbons (Fsp3) is 0.333. The molecule has 5 nitrogen and oxygen atoms in total. The number of thioether (sulfide) groups is 1. The van der Waals surface area contributed by atoms with Crippen LogP contribution in [0.5, 0.6) is 0 Å². The van der Waals surface area contributed by atoms with Gasteiger partial charge in [0.25, 0.3) is 0 Å². The maximum Gasteiger partial charge on any atom is 0.239 e. The molecule has 0 atom stereocenters. The second-order valence-electron chi connectivity index (χ2n) is 6.97. The van der Waals surface area contributed by atoms with E-state index in [9.17, 15) is 13.6 Å². The van der Waals surface area contributed by atoms with Gasteiger partial charge < -0.3 is 4.74 Å². The highest BCUT2D eigenvalue weighted by Gasteiger charge is 2.23. The van der Waals surface area contributed by atoms with Gasteiger partial charge in [-0.1, -0.05) is 22.9 Å². The van der Waals surface area contributed by atoms with E-state index in [0.29, 0.717) is 41.2 Å².